The van der Waals surface area contributed by atoms with Crippen LogP contribution < -0.4 is 15.8 Å². The van der Waals surface area contributed by atoms with Crippen molar-refractivity contribution in [3.8, 4) is 5.75 Å². The summed E-state index contributed by atoms with van der Waals surface area (Å²) >= 11 is 0. The number of hydrogen-bond donors (Lipinski definition) is 2. The number of nitrogens with zero attached hydrogens (tertiary/aromatic N) is 2. The van der Waals surface area contributed by atoms with Crippen LogP contribution in [0.3, 0.4) is 0 Å². The van der Waals surface area contributed by atoms with Gasteiger partial charge in [0.25, 0.3) is 5.91 Å². The Bertz CT molecular complexity index is 610. The molecule has 0 unspecified atom stereocenters. The SMILES string of the molecule is Cn1ncc(C(=O)Nc2ccc(OC(F)F)cc2)c1N. The van der Waals surface area contributed by atoms with Gasteiger partial charge < -0.3 is 15.8 Å². The highest BCUT2D eigenvalue weighted by Crippen LogP contribution is 2.19. The molecular weight excluding hydrogens is 270 g/mol. The summed E-state index contributed by atoms with van der Waals surface area (Å²) in [5.41, 5.74) is 6.34. The molecule has 0 bridgehead atoms. The summed E-state index contributed by atoms with van der Waals surface area (Å²) in [5, 5.41) is 6.43. The monoisotopic (exact) mass is 282 g/mol. The molecule has 0 aliphatic rings. The molecule has 1 heterocycles. The Morgan fingerprint density at radius 1 is 1.40 bits per heavy atom. The van der Waals surface area contributed by atoms with Crippen LogP contribution in [-0.4, -0.2) is 22.3 Å². The van der Waals surface area contributed by atoms with E-state index in [2.05, 4.69) is 15.2 Å². The van der Waals surface area contributed by atoms with Crippen LogP contribution in [0.4, 0.5) is 20.3 Å². The molecule has 0 spiro atoms. The maximum absolute atomic E-state index is 12.0. The summed E-state index contributed by atoms with van der Waals surface area (Å²) in [4.78, 5) is 11.9. The zero-order valence-electron chi connectivity index (χ0n) is 10.5. The third-order valence-electron chi connectivity index (χ3n) is 2.57. The van der Waals surface area contributed by atoms with Crippen molar-refractivity contribution < 1.29 is 18.3 Å². The maximum Gasteiger partial charge on any atom is 0.387 e. The molecule has 2 aromatic rings. The fourth-order valence-corrected chi connectivity index (χ4v) is 1.54. The first kappa shape index (κ1) is 13.8. The van der Waals surface area contributed by atoms with Crippen molar-refractivity contribution in [2.24, 2.45) is 7.05 Å². The van der Waals surface area contributed by atoms with Crippen LogP contribution >= 0.6 is 0 Å². The molecule has 1 amide bonds. The van der Waals surface area contributed by atoms with E-state index < -0.39 is 12.5 Å². The van der Waals surface area contributed by atoms with Crippen LogP contribution in [0, 0.1) is 0 Å². The molecule has 20 heavy (non-hydrogen) atoms. The van der Waals surface area contributed by atoms with Gasteiger partial charge >= 0.3 is 6.61 Å². The molecule has 0 aliphatic carbocycles. The number of nitrogen functional groups attached to an aromatic ring is 1. The molecule has 0 aliphatic heterocycles. The van der Waals surface area contributed by atoms with Crippen molar-refractivity contribution in [3.05, 3.63) is 36.0 Å². The zero-order valence-corrected chi connectivity index (χ0v) is 10.5. The summed E-state index contributed by atoms with van der Waals surface area (Å²) < 4.78 is 29.5. The molecule has 6 nitrogen and oxygen atoms in total. The van der Waals surface area contributed by atoms with Gasteiger partial charge in [-0.3, -0.25) is 9.48 Å². The van der Waals surface area contributed by atoms with Gasteiger partial charge in [0.1, 0.15) is 17.1 Å². The number of nitrogens with one attached hydrogen (secondary N) is 1. The largest absolute Gasteiger partial charge is 0.435 e. The lowest BCUT2D eigenvalue weighted by atomic mass is 10.2. The van der Waals surface area contributed by atoms with Gasteiger partial charge in [0, 0.05) is 12.7 Å². The molecule has 0 fully saturated rings. The summed E-state index contributed by atoms with van der Waals surface area (Å²) in [5.74, 6) is -0.183. The molecule has 0 radical (unpaired) electrons. The summed E-state index contributed by atoms with van der Waals surface area (Å²) in [7, 11) is 1.61. The van der Waals surface area contributed by atoms with E-state index in [1.165, 1.54) is 35.1 Å². The Kier molecular flexibility index (Phi) is 3.83. The molecule has 0 saturated carbocycles. The number of nitrogens with two attached hydrogens (primary N) is 1. The Morgan fingerprint density at radius 2 is 2.05 bits per heavy atom. The number of aromatic nitrogens is 2. The van der Waals surface area contributed by atoms with Crippen molar-refractivity contribution in [3.63, 3.8) is 0 Å². The molecule has 8 heteroatoms. The number of anilines is 2. The summed E-state index contributed by atoms with van der Waals surface area (Å²) in [6, 6.07) is 5.55. The highest BCUT2D eigenvalue weighted by atomic mass is 19.3. The average Bonchev–Trinajstić information content (AvgIpc) is 2.72. The van der Waals surface area contributed by atoms with E-state index >= 15 is 0 Å². The standard InChI is InChI=1S/C12H12F2N4O2/c1-18-10(15)9(6-16-18)11(19)17-7-2-4-8(5-3-7)20-12(13)14/h2-6,12H,15H2,1H3,(H,17,19). The second kappa shape index (κ2) is 5.55. The van der Waals surface area contributed by atoms with Gasteiger partial charge in [0.2, 0.25) is 0 Å². The number of carbonyl (C=O) groups is 1. The molecule has 1 aromatic heterocycles. The van der Waals surface area contributed by atoms with E-state index in [0.29, 0.717) is 5.69 Å². The number of aryl methyl sites for hydroxylation is 1. The van der Waals surface area contributed by atoms with Crippen LogP contribution in [0.15, 0.2) is 30.5 Å². The molecule has 1 aromatic carbocycles. The predicted octanol–water partition coefficient (Wildman–Crippen LogP) is 1.86. The minimum absolute atomic E-state index is 0.0129. The molecular formula is C12H12F2N4O2. The van der Waals surface area contributed by atoms with Crippen molar-refractivity contribution in [2.75, 3.05) is 11.1 Å². The van der Waals surface area contributed by atoms with E-state index in [1.54, 1.807) is 7.05 Å². The van der Waals surface area contributed by atoms with Gasteiger partial charge in [-0.05, 0) is 24.3 Å². The number of carbonyl (C=O) groups excluding carboxylic acids is 1. The minimum atomic E-state index is -2.88. The van der Waals surface area contributed by atoms with Crippen molar-refractivity contribution >= 4 is 17.4 Å². The smallest absolute Gasteiger partial charge is 0.387 e. The van der Waals surface area contributed by atoms with Crippen molar-refractivity contribution in [2.45, 2.75) is 6.61 Å². The fraction of sp³-hybridized carbons (Fsp3) is 0.167. The Morgan fingerprint density at radius 3 is 2.55 bits per heavy atom. The summed E-state index contributed by atoms with van der Waals surface area (Å²) in [6.45, 7) is -2.88. The van der Waals surface area contributed by atoms with Crippen LogP contribution in [0.1, 0.15) is 10.4 Å². The average molecular weight is 282 g/mol. The first-order valence-electron chi connectivity index (χ1n) is 5.61. The highest BCUT2D eigenvalue weighted by molar-refractivity contribution is 6.07. The van der Waals surface area contributed by atoms with Gasteiger partial charge in [-0.1, -0.05) is 0 Å². The topological polar surface area (TPSA) is 82.2 Å². The number of halogens is 2. The quantitative estimate of drug-likeness (QED) is 0.896. The third kappa shape index (κ3) is 3.02. The second-order valence-electron chi connectivity index (χ2n) is 3.92. The van der Waals surface area contributed by atoms with Crippen LogP contribution in [0.2, 0.25) is 0 Å². The molecule has 106 valence electrons. The fourth-order valence-electron chi connectivity index (χ4n) is 1.54. The van der Waals surface area contributed by atoms with Gasteiger partial charge in [0.15, 0.2) is 0 Å². The summed E-state index contributed by atoms with van der Waals surface area (Å²) in [6.07, 6.45) is 1.35. The number of amides is 1. The van der Waals surface area contributed by atoms with Gasteiger partial charge in [-0.15, -0.1) is 0 Å². The van der Waals surface area contributed by atoms with E-state index in [9.17, 15) is 13.6 Å². The lowest BCUT2D eigenvalue weighted by Crippen LogP contribution is -2.13. The number of hydrogen-bond acceptors (Lipinski definition) is 4. The van der Waals surface area contributed by atoms with E-state index in [1.807, 2.05) is 0 Å². The maximum atomic E-state index is 12.0. The van der Waals surface area contributed by atoms with Gasteiger partial charge in [0.05, 0.1) is 6.20 Å². The van der Waals surface area contributed by atoms with E-state index in [4.69, 9.17) is 5.73 Å². The Balaban J connectivity index is 2.06. The second-order valence-corrected chi connectivity index (χ2v) is 3.92. The van der Waals surface area contributed by atoms with E-state index in [0.717, 1.165) is 0 Å². The molecule has 3 N–H and O–H groups in total. The number of ether oxygens (including phenoxy) is 1. The van der Waals surface area contributed by atoms with Crippen LogP contribution in [0.25, 0.3) is 0 Å². The number of rotatable bonds is 4. The lowest BCUT2D eigenvalue weighted by molar-refractivity contribution is -0.0498. The third-order valence-corrected chi connectivity index (χ3v) is 2.57. The van der Waals surface area contributed by atoms with Crippen LogP contribution in [-0.2, 0) is 7.05 Å². The molecule has 0 saturated heterocycles. The van der Waals surface area contributed by atoms with Crippen molar-refractivity contribution in [1.82, 2.24) is 9.78 Å². The molecule has 0 atom stereocenters. The minimum Gasteiger partial charge on any atom is -0.435 e. The van der Waals surface area contributed by atoms with Gasteiger partial charge in [-0.25, -0.2) is 0 Å². The number of alkyl halides is 2. The predicted molar refractivity (Wildman–Crippen MR) is 68.6 cm³/mol. The lowest BCUT2D eigenvalue weighted by Gasteiger charge is -2.07. The Hall–Kier alpha value is -2.64. The van der Waals surface area contributed by atoms with Crippen molar-refractivity contribution in [1.29, 1.82) is 0 Å². The Labute approximate surface area is 113 Å². The van der Waals surface area contributed by atoms with Crippen LogP contribution in [0.5, 0.6) is 5.75 Å². The highest BCUT2D eigenvalue weighted by Gasteiger charge is 2.13. The molecule has 2 rings (SSSR count). The normalized spacial score (nSPS) is 10.6. The zero-order chi connectivity index (χ0) is 14.7. The van der Waals surface area contributed by atoms with E-state index in [-0.39, 0.29) is 17.1 Å². The number of benzene rings is 1. The van der Waals surface area contributed by atoms with Gasteiger partial charge in [-0.2, -0.15) is 13.9 Å². The first-order chi connectivity index (χ1) is 9.47. The first-order valence-corrected chi connectivity index (χ1v) is 5.61.